The fourth-order valence-corrected chi connectivity index (χ4v) is 3.35. The molecule has 0 aliphatic rings. The van der Waals surface area contributed by atoms with E-state index in [0.29, 0.717) is 13.0 Å². The molecular weight excluding hydrogens is 342 g/mol. The van der Waals surface area contributed by atoms with Crippen LogP contribution >= 0.6 is 0 Å². The van der Waals surface area contributed by atoms with E-state index in [9.17, 15) is 9.90 Å². The lowest BCUT2D eigenvalue weighted by Gasteiger charge is -2.04. The summed E-state index contributed by atoms with van der Waals surface area (Å²) in [6, 6.07) is 15.5. The van der Waals surface area contributed by atoms with Crippen LogP contribution in [0.3, 0.4) is 0 Å². The number of nitrogens with two attached hydrogens (primary N) is 1. The summed E-state index contributed by atoms with van der Waals surface area (Å²) >= 11 is 0. The summed E-state index contributed by atoms with van der Waals surface area (Å²) in [6.07, 6.45) is 3.10. The van der Waals surface area contributed by atoms with Crippen molar-refractivity contribution in [3.63, 3.8) is 0 Å². The largest absolute Gasteiger partial charge is 0.492 e. The van der Waals surface area contributed by atoms with Gasteiger partial charge >= 0.3 is 5.76 Å². The number of rotatable bonds is 6. The van der Waals surface area contributed by atoms with Gasteiger partial charge < -0.3 is 20.2 Å². The van der Waals surface area contributed by atoms with Gasteiger partial charge in [-0.1, -0.05) is 36.4 Å². The highest BCUT2D eigenvalue weighted by Crippen LogP contribution is 2.24. The fourth-order valence-electron chi connectivity index (χ4n) is 3.35. The van der Waals surface area contributed by atoms with Crippen molar-refractivity contribution >= 4 is 10.9 Å². The molecule has 4 N–H and O–H groups in total. The maximum absolute atomic E-state index is 12.2. The van der Waals surface area contributed by atoms with Gasteiger partial charge in [0.25, 0.3) is 0 Å². The molecule has 0 fully saturated rings. The molecule has 0 unspecified atom stereocenters. The van der Waals surface area contributed by atoms with Crippen LogP contribution in [0.25, 0.3) is 10.9 Å². The lowest BCUT2D eigenvalue weighted by molar-refractivity contribution is 0.414. The molecule has 2 aromatic heterocycles. The third-order valence-corrected chi connectivity index (χ3v) is 4.73. The number of benzene rings is 2. The summed E-state index contributed by atoms with van der Waals surface area (Å²) in [5, 5.41) is 11.6. The van der Waals surface area contributed by atoms with Gasteiger partial charge in [-0.15, -0.1) is 0 Å². The van der Waals surface area contributed by atoms with Gasteiger partial charge in [-0.3, -0.25) is 0 Å². The van der Waals surface area contributed by atoms with Gasteiger partial charge in [0.05, 0.1) is 6.54 Å². The maximum Gasteiger partial charge on any atom is 0.422 e. The molecule has 6 nitrogen and oxygen atoms in total. The smallest absolute Gasteiger partial charge is 0.422 e. The van der Waals surface area contributed by atoms with E-state index in [-0.39, 0.29) is 18.2 Å². The average Bonchev–Trinajstić information content (AvgIpc) is 3.19. The molecule has 4 rings (SSSR count). The van der Waals surface area contributed by atoms with Crippen LogP contribution in [0.15, 0.2) is 63.9 Å². The Hall–Kier alpha value is -3.25. The van der Waals surface area contributed by atoms with Gasteiger partial charge in [0, 0.05) is 23.5 Å². The van der Waals surface area contributed by atoms with Crippen LogP contribution in [0, 0.1) is 0 Å². The lowest BCUT2D eigenvalue weighted by atomic mass is 10.0. The zero-order valence-electron chi connectivity index (χ0n) is 14.8. The number of aromatic amines is 1. The first kappa shape index (κ1) is 17.2. The summed E-state index contributed by atoms with van der Waals surface area (Å²) in [6.45, 7) is 0.849. The van der Waals surface area contributed by atoms with Gasteiger partial charge in [0.1, 0.15) is 0 Å². The third-order valence-electron chi connectivity index (χ3n) is 4.73. The van der Waals surface area contributed by atoms with Crippen molar-refractivity contribution < 1.29 is 9.52 Å². The molecule has 2 heterocycles. The molecule has 0 aliphatic heterocycles. The number of oxazole rings is 1. The van der Waals surface area contributed by atoms with Crippen LogP contribution in [0.1, 0.15) is 22.5 Å². The second-order valence-corrected chi connectivity index (χ2v) is 6.60. The molecule has 0 aliphatic carbocycles. The molecule has 138 valence electrons. The minimum Gasteiger partial charge on any atom is -0.492 e. The standard InChI is InChI=1S/C21H21N3O3/c22-9-8-16-12-23-18-7-6-15(10-17(16)18)11-19-20(25)24(21(26)27-19)13-14-4-2-1-3-5-14/h1-7,10,12,23,25H,8-9,11,13,22H2. The molecule has 0 amide bonds. The van der Waals surface area contributed by atoms with Crippen molar-refractivity contribution in [2.45, 2.75) is 19.4 Å². The topological polar surface area (TPSA) is 97.2 Å². The minimum atomic E-state index is -0.558. The fraction of sp³-hybridized carbons (Fsp3) is 0.190. The van der Waals surface area contributed by atoms with Crippen LogP contribution in [0.5, 0.6) is 5.88 Å². The molecule has 0 saturated carbocycles. The first-order valence-corrected chi connectivity index (χ1v) is 8.90. The number of hydrogen-bond donors (Lipinski definition) is 3. The Bertz CT molecular complexity index is 1120. The summed E-state index contributed by atoms with van der Waals surface area (Å²) in [5.74, 6) is -0.413. The number of fused-ring (bicyclic) bond motifs is 1. The second kappa shape index (κ2) is 7.17. The Morgan fingerprint density at radius 3 is 2.70 bits per heavy atom. The van der Waals surface area contributed by atoms with E-state index < -0.39 is 5.76 Å². The molecule has 0 atom stereocenters. The Balaban J connectivity index is 1.63. The van der Waals surface area contributed by atoms with E-state index in [4.69, 9.17) is 10.2 Å². The monoisotopic (exact) mass is 363 g/mol. The lowest BCUT2D eigenvalue weighted by Crippen LogP contribution is -2.14. The van der Waals surface area contributed by atoms with Crippen molar-refractivity contribution in [1.29, 1.82) is 0 Å². The summed E-state index contributed by atoms with van der Waals surface area (Å²) in [7, 11) is 0. The highest BCUT2D eigenvalue weighted by atomic mass is 16.4. The summed E-state index contributed by atoms with van der Waals surface area (Å²) in [4.78, 5) is 15.4. The zero-order chi connectivity index (χ0) is 18.8. The molecule has 0 radical (unpaired) electrons. The predicted molar refractivity (Wildman–Crippen MR) is 104 cm³/mol. The molecule has 0 spiro atoms. The SMILES string of the molecule is NCCc1c[nH]c2ccc(Cc3oc(=O)n(Cc4ccccc4)c3O)cc12. The van der Waals surface area contributed by atoms with E-state index >= 15 is 0 Å². The van der Waals surface area contributed by atoms with Crippen molar-refractivity contribution in [3.8, 4) is 5.88 Å². The van der Waals surface area contributed by atoms with Crippen LogP contribution in [0.2, 0.25) is 0 Å². The van der Waals surface area contributed by atoms with E-state index in [1.807, 2.05) is 54.7 Å². The molecule has 27 heavy (non-hydrogen) atoms. The zero-order valence-corrected chi connectivity index (χ0v) is 14.8. The number of nitrogens with one attached hydrogen (secondary N) is 1. The molecule has 2 aromatic carbocycles. The Kier molecular flexibility index (Phi) is 4.56. The predicted octanol–water partition coefficient (Wildman–Crippen LogP) is 2.77. The van der Waals surface area contributed by atoms with Crippen molar-refractivity contribution in [1.82, 2.24) is 9.55 Å². The third kappa shape index (κ3) is 3.39. The van der Waals surface area contributed by atoms with Crippen molar-refractivity contribution in [2.75, 3.05) is 6.54 Å². The van der Waals surface area contributed by atoms with Gasteiger partial charge in [-0.2, -0.15) is 0 Å². The van der Waals surface area contributed by atoms with Gasteiger partial charge in [0.2, 0.25) is 5.88 Å². The van der Waals surface area contributed by atoms with Gasteiger partial charge in [0.15, 0.2) is 5.76 Å². The Labute approximate surface area is 155 Å². The number of H-pyrrole nitrogens is 1. The van der Waals surface area contributed by atoms with Crippen molar-refractivity contribution in [3.05, 3.63) is 87.7 Å². The number of nitrogens with zero attached hydrogens (tertiary/aromatic N) is 1. The minimum absolute atomic E-state index is 0.125. The van der Waals surface area contributed by atoms with Gasteiger partial charge in [-0.25, -0.2) is 9.36 Å². The molecule has 0 bridgehead atoms. The molecule has 0 saturated heterocycles. The Morgan fingerprint density at radius 2 is 1.93 bits per heavy atom. The average molecular weight is 363 g/mol. The van der Waals surface area contributed by atoms with E-state index in [2.05, 4.69) is 4.98 Å². The van der Waals surface area contributed by atoms with Crippen LogP contribution < -0.4 is 11.5 Å². The number of hydrogen-bond acceptors (Lipinski definition) is 4. The van der Waals surface area contributed by atoms with E-state index in [1.165, 1.54) is 4.57 Å². The highest BCUT2D eigenvalue weighted by molar-refractivity contribution is 5.84. The second-order valence-electron chi connectivity index (χ2n) is 6.60. The first-order valence-electron chi connectivity index (χ1n) is 8.90. The maximum atomic E-state index is 12.2. The van der Waals surface area contributed by atoms with Crippen LogP contribution in [-0.4, -0.2) is 21.2 Å². The molecule has 4 aromatic rings. The van der Waals surface area contributed by atoms with Gasteiger partial charge in [-0.05, 0) is 41.8 Å². The summed E-state index contributed by atoms with van der Waals surface area (Å²) < 4.78 is 6.57. The summed E-state index contributed by atoms with van der Waals surface area (Å²) in [5.41, 5.74) is 9.74. The highest BCUT2D eigenvalue weighted by Gasteiger charge is 2.17. The number of aromatic nitrogens is 2. The van der Waals surface area contributed by atoms with Crippen LogP contribution in [0.4, 0.5) is 0 Å². The Morgan fingerprint density at radius 1 is 1.11 bits per heavy atom. The van der Waals surface area contributed by atoms with E-state index in [0.717, 1.165) is 34.0 Å². The van der Waals surface area contributed by atoms with Crippen molar-refractivity contribution in [2.24, 2.45) is 5.73 Å². The molecular formula is C21H21N3O3. The normalized spacial score (nSPS) is 11.3. The number of aromatic hydroxyl groups is 1. The van der Waals surface area contributed by atoms with Crippen LogP contribution in [-0.2, 0) is 19.4 Å². The quantitative estimate of drug-likeness (QED) is 0.491. The molecule has 6 heteroatoms. The first-order chi connectivity index (χ1) is 13.2. The van der Waals surface area contributed by atoms with E-state index in [1.54, 1.807) is 0 Å².